The summed E-state index contributed by atoms with van der Waals surface area (Å²) in [4.78, 5) is 7.71. The van der Waals surface area contributed by atoms with Crippen LogP contribution in [0.25, 0.3) is 0 Å². The molecule has 0 bridgehead atoms. The summed E-state index contributed by atoms with van der Waals surface area (Å²) in [5, 5.41) is 0. The maximum atomic E-state index is 4.79. The first-order chi connectivity index (χ1) is 4.70. The van der Waals surface area contributed by atoms with E-state index in [1.54, 1.807) is 20.1 Å². The molecule has 0 rings (SSSR count). The molecule has 0 spiro atoms. The van der Waals surface area contributed by atoms with Gasteiger partial charge in [-0.1, -0.05) is 6.58 Å². The summed E-state index contributed by atoms with van der Waals surface area (Å²) in [7, 11) is 1.52. The molecule has 0 unspecified atom stereocenters. The third-order valence-electron chi connectivity index (χ3n) is 0.709. The van der Waals surface area contributed by atoms with Crippen molar-refractivity contribution in [1.29, 1.82) is 0 Å². The second-order valence-corrected chi connectivity index (χ2v) is 1.72. The summed E-state index contributed by atoms with van der Waals surface area (Å²) in [6.45, 7) is 7.16. The van der Waals surface area contributed by atoms with E-state index < -0.39 is 0 Å². The van der Waals surface area contributed by atoms with Gasteiger partial charge in [-0.3, -0.25) is 0 Å². The third-order valence-corrected chi connectivity index (χ3v) is 0.709. The number of methoxy groups -OCH3 is 1. The molecule has 0 radical (unpaired) electrons. The first-order valence-electron chi connectivity index (χ1n) is 2.97. The maximum absolute atomic E-state index is 4.79. The van der Waals surface area contributed by atoms with Crippen molar-refractivity contribution in [2.45, 2.75) is 13.8 Å². The van der Waals surface area contributed by atoms with Crippen LogP contribution >= 0.6 is 0 Å². The lowest BCUT2D eigenvalue weighted by Gasteiger charge is -1.95. The zero-order valence-corrected chi connectivity index (χ0v) is 6.59. The number of nitrogens with zero attached hydrogens (tertiary/aromatic N) is 2. The molecule has 3 nitrogen and oxygen atoms in total. The second-order valence-electron chi connectivity index (χ2n) is 1.72. The molecular weight excluding hydrogens is 128 g/mol. The Kier molecular flexibility index (Phi) is 4.20. The van der Waals surface area contributed by atoms with Gasteiger partial charge in [0.05, 0.1) is 7.11 Å². The van der Waals surface area contributed by atoms with Crippen molar-refractivity contribution < 1.29 is 4.74 Å². The molecule has 0 aromatic heterocycles. The van der Waals surface area contributed by atoms with E-state index in [0.717, 1.165) is 0 Å². The molecule has 0 N–H and O–H groups in total. The van der Waals surface area contributed by atoms with Gasteiger partial charge in [-0.05, 0) is 13.8 Å². The van der Waals surface area contributed by atoms with E-state index in [2.05, 4.69) is 16.6 Å². The Labute approximate surface area is 61.1 Å². The van der Waals surface area contributed by atoms with Crippen LogP contribution in [0.1, 0.15) is 13.8 Å². The molecule has 0 saturated carbocycles. The van der Waals surface area contributed by atoms with Crippen LogP contribution in [0.5, 0.6) is 0 Å². The molecule has 0 heterocycles. The predicted octanol–water partition coefficient (Wildman–Crippen LogP) is 1.61. The molecule has 10 heavy (non-hydrogen) atoms. The fourth-order valence-corrected chi connectivity index (χ4v) is 0.401. The quantitative estimate of drug-likeness (QED) is 0.402. The Morgan fingerprint density at radius 3 is 2.50 bits per heavy atom. The predicted molar refractivity (Wildman–Crippen MR) is 43.4 cm³/mol. The van der Waals surface area contributed by atoms with E-state index in [-0.39, 0.29) is 0 Å². The minimum Gasteiger partial charge on any atom is -0.467 e. The van der Waals surface area contributed by atoms with Crippen molar-refractivity contribution in [2.75, 3.05) is 7.11 Å². The minimum atomic E-state index is 0.343. The third kappa shape index (κ3) is 3.83. The van der Waals surface area contributed by atoms with Gasteiger partial charge >= 0.3 is 6.02 Å². The average molecular weight is 140 g/mol. The number of amidine groups is 1. The van der Waals surface area contributed by atoms with E-state index >= 15 is 0 Å². The summed E-state index contributed by atoms with van der Waals surface area (Å²) >= 11 is 0. The molecular formula is C7H12N2O. The van der Waals surface area contributed by atoms with Gasteiger partial charge in [-0.2, -0.15) is 0 Å². The van der Waals surface area contributed by atoms with Gasteiger partial charge in [0, 0.05) is 11.9 Å². The van der Waals surface area contributed by atoms with Gasteiger partial charge in [0.15, 0.2) is 0 Å². The van der Waals surface area contributed by atoms with Crippen LogP contribution in [-0.4, -0.2) is 19.3 Å². The van der Waals surface area contributed by atoms with Crippen molar-refractivity contribution in [3.05, 3.63) is 12.3 Å². The molecule has 0 aliphatic rings. The lowest BCUT2D eigenvalue weighted by atomic mass is 10.6. The van der Waals surface area contributed by atoms with Crippen LogP contribution in [0, 0.1) is 0 Å². The first-order valence-corrected chi connectivity index (χ1v) is 2.97. The number of rotatable bonds is 1. The van der Waals surface area contributed by atoms with Gasteiger partial charge in [0.1, 0.15) is 0 Å². The number of aliphatic imine (C=N–C) groups is 2. The molecule has 0 aliphatic carbocycles. The van der Waals surface area contributed by atoms with Crippen molar-refractivity contribution in [1.82, 2.24) is 0 Å². The highest BCUT2D eigenvalue weighted by Gasteiger charge is 1.89. The van der Waals surface area contributed by atoms with E-state index in [4.69, 9.17) is 4.74 Å². The Hall–Kier alpha value is -1.12. The van der Waals surface area contributed by atoms with Gasteiger partial charge in [-0.25, -0.2) is 9.98 Å². The van der Waals surface area contributed by atoms with Crippen LogP contribution in [0.15, 0.2) is 22.3 Å². The van der Waals surface area contributed by atoms with Crippen molar-refractivity contribution in [2.24, 2.45) is 9.98 Å². The Bertz CT molecular complexity index is 170. The van der Waals surface area contributed by atoms with Crippen LogP contribution in [0.3, 0.4) is 0 Å². The van der Waals surface area contributed by atoms with Crippen molar-refractivity contribution in [3.63, 3.8) is 0 Å². The number of hydrogen-bond acceptors (Lipinski definition) is 2. The Morgan fingerprint density at radius 2 is 2.20 bits per heavy atom. The highest BCUT2D eigenvalue weighted by molar-refractivity contribution is 5.83. The monoisotopic (exact) mass is 140 g/mol. The Morgan fingerprint density at radius 1 is 1.60 bits per heavy atom. The van der Waals surface area contributed by atoms with Crippen LogP contribution in [0.2, 0.25) is 0 Å². The van der Waals surface area contributed by atoms with Gasteiger partial charge in [0.25, 0.3) is 0 Å². The molecule has 0 atom stereocenters. The largest absolute Gasteiger partial charge is 0.467 e. The lowest BCUT2D eigenvalue weighted by Crippen LogP contribution is -1.96. The Balaban J connectivity index is 4.18. The molecule has 3 heteroatoms. The maximum Gasteiger partial charge on any atom is 0.315 e. The van der Waals surface area contributed by atoms with E-state index in [0.29, 0.717) is 11.7 Å². The summed E-state index contributed by atoms with van der Waals surface area (Å²) < 4.78 is 4.79. The molecule has 0 amide bonds. The van der Waals surface area contributed by atoms with Crippen LogP contribution < -0.4 is 0 Å². The van der Waals surface area contributed by atoms with Gasteiger partial charge in [-0.15, -0.1) is 0 Å². The molecule has 0 aromatic carbocycles. The standard InChI is InChI=1S/C7H12N2O/c1-5-8-7(10-4)9-6(2)3/h5H,2H2,1,3-4H3/b8-5-,9-7?. The zero-order chi connectivity index (χ0) is 7.98. The smallest absolute Gasteiger partial charge is 0.315 e. The number of hydrogen-bond donors (Lipinski definition) is 0. The minimum absolute atomic E-state index is 0.343. The van der Waals surface area contributed by atoms with E-state index in [9.17, 15) is 0 Å². The van der Waals surface area contributed by atoms with Crippen molar-refractivity contribution in [3.8, 4) is 0 Å². The second kappa shape index (κ2) is 4.73. The van der Waals surface area contributed by atoms with Crippen LogP contribution in [0.4, 0.5) is 0 Å². The first kappa shape index (κ1) is 8.88. The van der Waals surface area contributed by atoms with E-state index in [1.165, 1.54) is 7.11 Å². The normalized spacial score (nSPS) is 12.1. The topological polar surface area (TPSA) is 34.0 Å². The fraction of sp³-hybridized carbons (Fsp3) is 0.429. The van der Waals surface area contributed by atoms with Gasteiger partial charge < -0.3 is 4.74 Å². The molecule has 0 fully saturated rings. The fourth-order valence-electron chi connectivity index (χ4n) is 0.401. The lowest BCUT2D eigenvalue weighted by molar-refractivity contribution is 0.397. The number of allylic oxidation sites excluding steroid dienone is 1. The highest BCUT2D eigenvalue weighted by Crippen LogP contribution is 1.91. The molecule has 0 aliphatic heterocycles. The molecule has 0 aromatic rings. The number of ether oxygens (including phenoxy) is 1. The molecule has 56 valence electrons. The van der Waals surface area contributed by atoms with Gasteiger partial charge in [0.2, 0.25) is 0 Å². The average Bonchev–Trinajstić information content (AvgIpc) is 1.86. The summed E-state index contributed by atoms with van der Waals surface area (Å²) in [6, 6.07) is 0.343. The van der Waals surface area contributed by atoms with Crippen molar-refractivity contribution >= 4 is 12.2 Å². The summed E-state index contributed by atoms with van der Waals surface area (Å²) in [6.07, 6.45) is 1.62. The zero-order valence-electron chi connectivity index (χ0n) is 6.59. The SMILES string of the molecule is C=C(C)N=C(/N=C\C)OC. The molecule has 0 saturated heterocycles. The summed E-state index contributed by atoms with van der Waals surface area (Å²) in [5.41, 5.74) is 0.683. The van der Waals surface area contributed by atoms with Crippen LogP contribution in [-0.2, 0) is 4.74 Å². The van der Waals surface area contributed by atoms with E-state index in [1.807, 2.05) is 0 Å². The highest BCUT2D eigenvalue weighted by atomic mass is 16.5. The summed E-state index contributed by atoms with van der Waals surface area (Å²) in [5.74, 6) is 0.